The number of fused-ring (bicyclic) bond motifs is 8. The number of benzene rings is 4. The predicted molar refractivity (Wildman–Crippen MR) is 304 cm³/mol. The fourth-order valence-corrected chi connectivity index (χ4v) is 13.3. The highest BCUT2D eigenvalue weighted by atomic mass is 79.9. The van der Waals surface area contributed by atoms with E-state index in [1.165, 1.54) is 48.5 Å². The Labute approximate surface area is 483 Å². The van der Waals surface area contributed by atoms with Crippen molar-refractivity contribution < 1.29 is 55.2 Å². The fraction of sp³-hybridized carbons (Fsp3) is 0. The first-order chi connectivity index (χ1) is 34.2. The van der Waals surface area contributed by atoms with Crippen LogP contribution in [-0.2, 0) is 39.0 Å². The Morgan fingerprint density at radius 1 is 0.403 bits per heavy atom. The molecule has 370 valence electrons. The van der Waals surface area contributed by atoms with Crippen LogP contribution in [0.3, 0.4) is 0 Å². The molecule has 2 aliphatic heterocycles. The second kappa shape index (κ2) is 21.9. The van der Waals surface area contributed by atoms with E-state index < -0.39 is 20.2 Å². The molecule has 2 aliphatic rings. The van der Waals surface area contributed by atoms with Gasteiger partial charge in [-0.15, -0.1) is 8.67 Å². The average Bonchev–Trinajstić information content (AvgIpc) is 4.02. The number of halogens is 8. The van der Waals surface area contributed by atoms with Gasteiger partial charge in [0.25, 0.3) is 20.2 Å². The quantitative estimate of drug-likeness (QED) is 0.0288. The molecule has 0 aliphatic carbocycles. The Kier molecular flexibility index (Phi) is 16.6. The van der Waals surface area contributed by atoms with E-state index in [0.717, 1.165) is 24.1 Å². The number of aromatic amines is 2. The largest absolute Gasteiger partial charge is 0.352 e. The van der Waals surface area contributed by atoms with Crippen molar-refractivity contribution in [1.29, 1.82) is 0 Å². The van der Waals surface area contributed by atoms with Gasteiger partial charge in [-0.05, 0) is 198 Å². The maximum Gasteiger partial charge on any atom is 0.294 e. The highest BCUT2D eigenvalue weighted by Crippen LogP contribution is 2.53. The van der Waals surface area contributed by atoms with Gasteiger partial charge in [-0.25, -0.2) is 20.5 Å². The van der Waals surface area contributed by atoms with Gasteiger partial charge in [0, 0.05) is 32.0 Å². The minimum absolute atomic E-state index is 0.344. The molecule has 0 saturated carbocycles. The van der Waals surface area contributed by atoms with E-state index in [2.05, 4.69) is 147 Å². The summed E-state index contributed by atoms with van der Waals surface area (Å²) in [7, 11) is -9.19. The summed E-state index contributed by atoms with van der Waals surface area (Å²) in [6.07, 6.45) is 0. The number of nitrogens with zero attached hydrogens (tertiary/aromatic N) is 2. The predicted octanol–water partition coefficient (Wildman–Crippen LogP) is 16.6. The van der Waals surface area contributed by atoms with Crippen LogP contribution in [0.2, 0.25) is 0 Å². The van der Waals surface area contributed by atoms with Gasteiger partial charge >= 0.3 is 0 Å². The van der Waals surface area contributed by atoms with Gasteiger partial charge in [-0.2, -0.15) is 16.8 Å². The molecule has 0 amide bonds. The maximum atomic E-state index is 12.3. The molecule has 0 radical (unpaired) electrons. The summed E-state index contributed by atoms with van der Waals surface area (Å²) < 4.78 is 82.7. The molecule has 7 aromatic rings. The zero-order valence-electron chi connectivity index (χ0n) is 34.8. The molecule has 0 saturated heterocycles. The number of hydrogen-bond donors (Lipinski definition) is 6. The SMILES string of the molecule is O=S(=O)(O)c1ccc(-c2c3nc(c(-c4ccc(SOOO)cc4)c4[nH]c(c(Br)c4Br)c(-c4ccc(SOOO)cc4)c4nc(c(-c5ccc(S(=O)(=O)O)cc5)c5[nH]c2c(Br)c5Br)C(Br)=C4Br)C(Br)=C3Br)cc1. The lowest BCUT2D eigenvalue weighted by molar-refractivity contribution is -0.432. The van der Waals surface area contributed by atoms with Gasteiger partial charge in [0.05, 0.1) is 115 Å². The first kappa shape index (κ1) is 54.4. The molecular weight excluding hydrogens is 1540 g/mol. The first-order valence-corrected chi connectivity index (χ1v) is 30.3. The lowest BCUT2D eigenvalue weighted by atomic mass is 10.0. The molecule has 72 heavy (non-hydrogen) atoms. The maximum absolute atomic E-state index is 12.3. The summed E-state index contributed by atoms with van der Waals surface area (Å²) in [5.41, 5.74) is 7.72. The normalized spacial score (nSPS) is 13.2. The van der Waals surface area contributed by atoms with Crippen LogP contribution in [0.25, 0.3) is 84.5 Å². The summed E-state index contributed by atoms with van der Waals surface area (Å²) in [5.74, 6) is 0. The molecule has 0 unspecified atom stereocenters. The molecule has 9 rings (SSSR count). The van der Waals surface area contributed by atoms with Crippen molar-refractivity contribution in [2.75, 3.05) is 0 Å². The van der Waals surface area contributed by atoms with Crippen LogP contribution in [0.4, 0.5) is 0 Å². The van der Waals surface area contributed by atoms with Crippen molar-refractivity contribution in [3.63, 3.8) is 0 Å². The average molecular weight is 1570 g/mol. The molecule has 0 fully saturated rings. The Morgan fingerprint density at radius 3 is 0.861 bits per heavy atom. The van der Waals surface area contributed by atoms with E-state index in [9.17, 15) is 25.9 Å². The van der Waals surface area contributed by atoms with Crippen LogP contribution >= 0.6 is 152 Å². The third-order valence-electron chi connectivity index (χ3n) is 10.9. The molecule has 8 bridgehead atoms. The number of H-pyrrole nitrogens is 2. The van der Waals surface area contributed by atoms with Crippen LogP contribution in [0.5, 0.6) is 0 Å². The highest BCUT2D eigenvalue weighted by molar-refractivity contribution is 9.18. The molecule has 28 heteroatoms. The second-order valence-corrected chi connectivity index (χ2v) is 25.6. The zero-order valence-corrected chi connectivity index (χ0v) is 50.8. The lowest BCUT2D eigenvalue weighted by Gasteiger charge is -2.09. The van der Waals surface area contributed by atoms with E-state index in [1.807, 2.05) is 24.3 Å². The smallest absolute Gasteiger partial charge is 0.294 e. The van der Waals surface area contributed by atoms with Gasteiger partial charge in [0.2, 0.25) is 0 Å². The zero-order chi connectivity index (χ0) is 51.6. The third-order valence-corrected chi connectivity index (χ3v) is 22.2. The van der Waals surface area contributed by atoms with Gasteiger partial charge in [-0.3, -0.25) is 9.11 Å². The van der Waals surface area contributed by atoms with Crippen LogP contribution in [0, 0.1) is 0 Å². The van der Waals surface area contributed by atoms with E-state index in [0.29, 0.717) is 135 Å². The standard InChI is InChI=1S/C44H22Br8N4O12S4/c45-29-30(46)38-26(18-3-11-22(12-4-18)70-68-66-58)40-32(48)34(50)42(55-40)28(20-7-15-24(16-8-20)72(62,63)64)44-36(52)35(51)43(56-44)27(19-5-13-23(14-6-19)71(59,60)61)41-33(49)31(47)39(54-41)25(37(29)53-38)17-1-9-21(10-2-17)69-67-65-57/h1-16,53,56-58H,(H,59,60,61)(H,62,63,64). The lowest BCUT2D eigenvalue weighted by Crippen LogP contribution is -1.97. The van der Waals surface area contributed by atoms with E-state index in [1.54, 1.807) is 24.3 Å². The summed E-state index contributed by atoms with van der Waals surface area (Å²) in [5, 5.41) is 25.4. The van der Waals surface area contributed by atoms with Gasteiger partial charge in [0.15, 0.2) is 0 Å². The Balaban J connectivity index is 1.55. The van der Waals surface area contributed by atoms with Crippen molar-refractivity contribution in [3.8, 4) is 44.5 Å². The highest BCUT2D eigenvalue weighted by Gasteiger charge is 2.31. The molecule has 0 atom stereocenters. The number of rotatable bonds is 12. The molecule has 5 heterocycles. The molecule has 6 N–H and O–H groups in total. The van der Waals surface area contributed by atoms with Crippen LogP contribution in [-0.4, -0.2) is 56.4 Å². The third kappa shape index (κ3) is 10.4. The number of aromatic nitrogens is 4. The topological polar surface area (TPSA) is 243 Å². The summed E-state index contributed by atoms with van der Waals surface area (Å²) in [4.78, 5) is 18.5. The van der Waals surface area contributed by atoms with Crippen molar-refractivity contribution in [1.82, 2.24) is 19.9 Å². The summed E-state index contributed by atoms with van der Waals surface area (Å²) in [6, 6.07) is 25.5. The van der Waals surface area contributed by atoms with Gasteiger partial charge in [-0.1, -0.05) is 58.6 Å². The fourth-order valence-electron chi connectivity index (χ4n) is 7.74. The van der Waals surface area contributed by atoms with Gasteiger partial charge < -0.3 is 9.97 Å². The molecule has 0 spiro atoms. The number of nitrogens with one attached hydrogen (secondary N) is 2. The number of hydrogen-bond acceptors (Lipinski definition) is 14. The van der Waals surface area contributed by atoms with Crippen LogP contribution < -0.4 is 0 Å². The van der Waals surface area contributed by atoms with Gasteiger partial charge in [0.1, 0.15) is 0 Å². The Hall–Kier alpha value is -2.40. The van der Waals surface area contributed by atoms with Crippen molar-refractivity contribution in [2.24, 2.45) is 0 Å². The van der Waals surface area contributed by atoms with E-state index in [4.69, 9.17) is 29.2 Å². The van der Waals surface area contributed by atoms with Crippen molar-refractivity contribution >= 4 is 212 Å². The summed E-state index contributed by atoms with van der Waals surface area (Å²) in [6.45, 7) is 0. The molecule has 16 nitrogen and oxygen atoms in total. The molecular formula is C44H22Br8N4O12S4. The van der Waals surface area contributed by atoms with E-state index >= 15 is 0 Å². The Morgan fingerprint density at radius 2 is 0.639 bits per heavy atom. The second-order valence-electron chi connectivity index (χ2n) is 14.9. The van der Waals surface area contributed by atoms with Crippen LogP contribution in [0.15, 0.2) is 135 Å². The Bertz CT molecular complexity index is 3610. The minimum atomic E-state index is -4.59. The van der Waals surface area contributed by atoms with E-state index in [-0.39, 0.29) is 9.79 Å². The summed E-state index contributed by atoms with van der Waals surface area (Å²) >= 11 is 32.5. The monoisotopic (exact) mass is 1560 g/mol. The first-order valence-electron chi connectivity index (χ1n) is 19.6. The molecule has 3 aromatic heterocycles. The molecule has 4 aromatic carbocycles. The van der Waals surface area contributed by atoms with Crippen LogP contribution in [0.1, 0.15) is 22.8 Å². The minimum Gasteiger partial charge on any atom is -0.352 e. The van der Waals surface area contributed by atoms with Crippen molar-refractivity contribution in [3.05, 3.63) is 138 Å². The van der Waals surface area contributed by atoms with Crippen molar-refractivity contribution in [2.45, 2.75) is 19.6 Å².